The van der Waals surface area contributed by atoms with E-state index in [1.54, 1.807) is 3.96 Å². The number of rotatable bonds is 2. The van der Waals surface area contributed by atoms with E-state index in [1.165, 1.54) is 17.6 Å². The third-order valence-electron chi connectivity index (χ3n) is 2.50. The summed E-state index contributed by atoms with van der Waals surface area (Å²) in [6.07, 6.45) is 5.80. The summed E-state index contributed by atoms with van der Waals surface area (Å²) < 4.78 is 1.73. The van der Waals surface area contributed by atoms with Gasteiger partial charge in [0.1, 0.15) is 0 Å². The average Bonchev–Trinajstić information content (AvgIpc) is 2.67. The SMILES string of the molecule is [CH3][Pt]([CH3])([CH3])[C]1=C(c2ccccc2)C=CC1. The van der Waals surface area contributed by atoms with Gasteiger partial charge in [-0.05, 0) is 0 Å². The summed E-state index contributed by atoms with van der Waals surface area (Å²) in [6, 6.07) is 10.8. The van der Waals surface area contributed by atoms with Crippen LogP contribution in [0.25, 0.3) is 5.57 Å². The van der Waals surface area contributed by atoms with E-state index >= 15 is 0 Å². The molecular weight excluding hydrogens is 363 g/mol. The molecule has 2 rings (SSSR count). The van der Waals surface area contributed by atoms with Crippen LogP contribution in [0.5, 0.6) is 0 Å². The molecule has 0 fully saturated rings. The van der Waals surface area contributed by atoms with Crippen LogP contribution in [-0.2, 0) is 16.1 Å². The van der Waals surface area contributed by atoms with Crippen LogP contribution in [-0.4, -0.2) is 0 Å². The molecule has 1 aliphatic carbocycles. The molecule has 0 bridgehead atoms. The predicted molar refractivity (Wildman–Crippen MR) is 64.7 cm³/mol. The number of hydrogen-bond donors (Lipinski definition) is 0. The van der Waals surface area contributed by atoms with E-state index in [2.05, 4.69) is 58.4 Å². The van der Waals surface area contributed by atoms with Gasteiger partial charge >= 0.3 is 96.0 Å². The Morgan fingerprint density at radius 2 is 1.67 bits per heavy atom. The van der Waals surface area contributed by atoms with E-state index in [0.717, 1.165) is 0 Å². The van der Waals surface area contributed by atoms with E-state index in [0.29, 0.717) is 0 Å². The van der Waals surface area contributed by atoms with Crippen LogP contribution in [0, 0.1) is 0 Å². The first-order valence-electron chi connectivity index (χ1n) is 4.90. The maximum absolute atomic E-state index is 2.47. The standard InChI is InChI=1S/C11H9.3CH3.Pt/c1-2-6-10(7-3-1)11-8-4-5-9-11;;;;/h1-4,6-8H,5H2;3*1H3;. The number of benzene rings is 1. The normalized spacial score (nSPS) is 17.3. The van der Waals surface area contributed by atoms with Gasteiger partial charge < -0.3 is 0 Å². The summed E-state index contributed by atoms with van der Waals surface area (Å²) in [4.78, 5) is 0. The van der Waals surface area contributed by atoms with Crippen molar-refractivity contribution in [2.45, 2.75) is 22.4 Å². The second-order valence-corrected chi connectivity index (χ2v) is 15.8. The minimum atomic E-state index is -1.58. The Morgan fingerprint density at radius 1 is 1.00 bits per heavy atom. The van der Waals surface area contributed by atoms with Crippen molar-refractivity contribution in [3.8, 4) is 0 Å². The molecule has 0 unspecified atom stereocenters. The predicted octanol–water partition coefficient (Wildman–Crippen LogP) is 4.66. The van der Waals surface area contributed by atoms with Crippen molar-refractivity contribution < 1.29 is 16.1 Å². The van der Waals surface area contributed by atoms with Crippen LogP contribution < -0.4 is 0 Å². The number of hydrogen-bond acceptors (Lipinski definition) is 0. The molecule has 15 heavy (non-hydrogen) atoms. The van der Waals surface area contributed by atoms with Gasteiger partial charge in [0.25, 0.3) is 0 Å². The van der Waals surface area contributed by atoms with E-state index < -0.39 is 16.1 Å². The molecule has 84 valence electrons. The third kappa shape index (κ3) is 2.31. The van der Waals surface area contributed by atoms with Crippen molar-refractivity contribution in [2.75, 3.05) is 0 Å². The van der Waals surface area contributed by atoms with Gasteiger partial charge in [-0.2, -0.15) is 0 Å². The molecule has 0 amide bonds. The summed E-state index contributed by atoms with van der Waals surface area (Å²) in [5, 5.41) is 7.41. The Kier molecular flexibility index (Phi) is 2.98. The molecule has 0 heterocycles. The van der Waals surface area contributed by atoms with Gasteiger partial charge in [-0.3, -0.25) is 0 Å². The zero-order valence-corrected chi connectivity index (χ0v) is 11.8. The van der Waals surface area contributed by atoms with Gasteiger partial charge in [-0.25, -0.2) is 0 Å². The van der Waals surface area contributed by atoms with E-state index in [4.69, 9.17) is 0 Å². The topological polar surface area (TPSA) is 0 Å². The molecule has 0 N–H and O–H groups in total. The molecular formula is C14H18Pt. The molecule has 1 aromatic rings. The Balaban J connectivity index is 2.47. The zero-order chi connectivity index (χ0) is 10.9. The van der Waals surface area contributed by atoms with Crippen LogP contribution in [0.1, 0.15) is 12.0 Å². The Labute approximate surface area is 95.9 Å². The second-order valence-electron chi connectivity index (χ2n) is 4.18. The molecule has 1 heteroatoms. The van der Waals surface area contributed by atoms with E-state index in [9.17, 15) is 0 Å². The Bertz CT molecular complexity index is 405. The fourth-order valence-electron chi connectivity index (χ4n) is 1.78. The molecule has 0 aliphatic heterocycles. The van der Waals surface area contributed by atoms with Crippen LogP contribution in [0.2, 0.25) is 15.9 Å². The first-order valence-corrected chi connectivity index (χ1v) is 12.9. The van der Waals surface area contributed by atoms with Gasteiger partial charge in [0.05, 0.1) is 0 Å². The van der Waals surface area contributed by atoms with Crippen molar-refractivity contribution in [1.29, 1.82) is 0 Å². The van der Waals surface area contributed by atoms with Gasteiger partial charge in [0.2, 0.25) is 0 Å². The summed E-state index contributed by atoms with van der Waals surface area (Å²) in [5.41, 5.74) is 2.89. The molecule has 1 aliphatic rings. The summed E-state index contributed by atoms with van der Waals surface area (Å²) in [5.74, 6) is 0. The molecule has 0 saturated carbocycles. The van der Waals surface area contributed by atoms with Crippen LogP contribution in [0.4, 0.5) is 0 Å². The fourth-order valence-corrected chi connectivity index (χ4v) is 5.79. The molecule has 0 saturated heterocycles. The van der Waals surface area contributed by atoms with Crippen molar-refractivity contribution >= 4 is 5.57 Å². The van der Waals surface area contributed by atoms with Gasteiger partial charge in [0.15, 0.2) is 0 Å². The molecule has 0 nitrogen and oxygen atoms in total. The maximum atomic E-state index is 2.47. The average molecular weight is 381 g/mol. The molecule has 1 aromatic carbocycles. The first kappa shape index (κ1) is 10.9. The zero-order valence-electron chi connectivity index (χ0n) is 9.56. The van der Waals surface area contributed by atoms with Crippen molar-refractivity contribution in [3.05, 3.63) is 52.0 Å². The third-order valence-corrected chi connectivity index (χ3v) is 7.69. The van der Waals surface area contributed by atoms with Crippen LogP contribution >= 0.6 is 0 Å². The van der Waals surface area contributed by atoms with Crippen molar-refractivity contribution in [3.63, 3.8) is 0 Å². The van der Waals surface area contributed by atoms with Crippen LogP contribution in [0.15, 0.2) is 46.4 Å². The monoisotopic (exact) mass is 381 g/mol. The minimum absolute atomic E-state index is 1.19. The summed E-state index contributed by atoms with van der Waals surface area (Å²) >= 11 is -1.58. The van der Waals surface area contributed by atoms with Gasteiger partial charge in [-0.1, -0.05) is 0 Å². The summed E-state index contributed by atoms with van der Waals surface area (Å²) in [7, 11) is 0. The first-order chi connectivity index (χ1) is 7.09. The molecule has 0 aromatic heterocycles. The summed E-state index contributed by atoms with van der Waals surface area (Å²) in [6.45, 7) is 0. The second kappa shape index (κ2) is 4.10. The molecule has 0 radical (unpaired) electrons. The molecule has 0 atom stereocenters. The molecule has 0 spiro atoms. The van der Waals surface area contributed by atoms with Crippen molar-refractivity contribution in [1.82, 2.24) is 0 Å². The number of allylic oxidation sites excluding steroid dienone is 4. The van der Waals surface area contributed by atoms with E-state index in [1.807, 2.05) is 0 Å². The fraction of sp³-hybridized carbons (Fsp3) is 0.286. The van der Waals surface area contributed by atoms with E-state index in [-0.39, 0.29) is 0 Å². The Hall–Kier alpha value is -0.612. The quantitative estimate of drug-likeness (QED) is 0.699. The van der Waals surface area contributed by atoms with Gasteiger partial charge in [0, 0.05) is 0 Å². The van der Waals surface area contributed by atoms with Crippen LogP contribution in [0.3, 0.4) is 0 Å². The van der Waals surface area contributed by atoms with Gasteiger partial charge in [-0.15, -0.1) is 0 Å². The Morgan fingerprint density at radius 3 is 2.27 bits per heavy atom. The van der Waals surface area contributed by atoms with Crippen molar-refractivity contribution in [2.24, 2.45) is 0 Å².